The lowest BCUT2D eigenvalue weighted by atomic mass is 10.1. The fourth-order valence-corrected chi connectivity index (χ4v) is 2.70. The third-order valence-corrected chi connectivity index (χ3v) is 3.92. The van der Waals surface area contributed by atoms with Crippen molar-refractivity contribution in [1.29, 1.82) is 0 Å². The second-order valence-electron chi connectivity index (χ2n) is 4.33. The largest absolute Gasteiger partial charge is 0.361 e. The summed E-state index contributed by atoms with van der Waals surface area (Å²) in [5, 5.41) is 13.2. The van der Waals surface area contributed by atoms with Crippen molar-refractivity contribution in [3.63, 3.8) is 0 Å². The Labute approximate surface area is 118 Å². The van der Waals surface area contributed by atoms with Crippen molar-refractivity contribution < 1.29 is 4.39 Å². The maximum absolute atomic E-state index is 13.6. The summed E-state index contributed by atoms with van der Waals surface area (Å²) in [7, 11) is 0. The van der Waals surface area contributed by atoms with E-state index in [0.29, 0.717) is 5.02 Å². The first-order chi connectivity index (χ1) is 9.11. The van der Waals surface area contributed by atoms with Gasteiger partial charge in [0, 0.05) is 19.3 Å². The van der Waals surface area contributed by atoms with Crippen LogP contribution < -0.4 is 10.2 Å². The lowest BCUT2D eigenvalue weighted by Gasteiger charge is -2.39. The average Bonchev–Trinajstić information content (AvgIpc) is 2.71. The zero-order valence-electron chi connectivity index (χ0n) is 10.1. The van der Waals surface area contributed by atoms with Gasteiger partial charge in [-0.2, -0.15) is 0 Å². The number of hydrogen-bond donors (Lipinski definition) is 1. The van der Waals surface area contributed by atoms with Crippen LogP contribution in [0.4, 0.5) is 15.3 Å². The summed E-state index contributed by atoms with van der Waals surface area (Å²) >= 11 is 7.21. The molecule has 1 N–H and O–H groups in total. The van der Waals surface area contributed by atoms with Crippen molar-refractivity contribution in [3.8, 4) is 0 Å². The summed E-state index contributed by atoms with van der Waals surface area (Å²) in [5.41, 5.74) is 0. The number of nitrogens with one attached hydrogen (secondary N) is 1. The number of halogens is 2. The zero-order valence-corrected chi connectivity index (χ0v) is 11.7. The molecule has 0 aromatic carbocycles. The number of aryl methyl sites for hydroxylation is 1. The highest BCUT2D eigenvalue weighted by atomic mass is 35.5. The quantitative estimate of drug-likeness (QED) is 0.943. The van der Waals surface area contributed by atoms with Crippen molar-refractivity contribution >= 4 is 33.9 Å². The molecule has 8 heteroatoms. The van der Waals surface area contributed by atoms with E-state index in [1.807, 2.05) is 6.92 Å². The molecule has 19 heavy (non-hydrogen) atoms. The molecule has 5 nitrogen and oxygen atoms in total. The summed E-state index contributed by atoms with van der Waals surface area (Å²) in [6, 6.07) is 1.41. The molecule has 3 heterocycles. The molecule has 0 saturated carbocycles. The summed E-state index contributed by atoms with van der Waals surface area (Å²) in [6.07, 6.45) is 1.43. The van der Waals surface area contributed by atoms with E-state index in [2.05, 4.69) is 25.4 Å². The van der Waals surface area contributed by atoms with Gasteiger partial charge in [0.05, 0.1) is 11.1 Å². The van der Waals surface area contributed by atoms with E-state index < -0.39 is 5.82 Å². The first-order valence-corrected chi connectivity index (χ1v) is 6.94. The highest BCUT2D eigenvalue weighted by Crippen LogP contribution is 2.26. The smallest absolute Gasteiger partial charge is 0.208 e. The number of anilines is 2. The number of pyridine rings is 1. The minimum atomic E-state index is -0.433. The van der Waals surface area contributed by atoms with Crippen LogP contribution in [0.25, 0.3) is 0 Å². The Morgan fingerprint density at radius 2 is 2.26 bits per heavy atom. The Kier molecular flexibility index (Phi) is 3.24. The Hall–Kier alpha value is -1.47. The third kappa shape index (κ3) is 2.62. The van der Waals surface area contributed by atoms with Crippen LogP contribution in [0.5, 0.6) is 0 Å². The summed E-state index contributed by atoms with van der Waals surface area (Å²) in [6.45, 7) is 3.44. The van der Waals surface area contributed by atoms with Gasteiger partial charge in [0.25, 0.3) is 0 Å². The molecule has 0 unspecified atom stereocenters. The molecule has 1 saturated heterocycles. The monoisotopic (exact) mass is 299 g/mol. The fourth-order valence-electron chi connectivity index (χ4n) is 1.85. The Balaban J connectivity index is 1.59. The highest BCUT2D eigenvalue weighted by molar-refractivity contribution is 7.15. The molecule has 0 atom stereocenters. The molecular formula is C11H11ClFN5S. The van der Waals surface area contributed by atoms with Crippen LogP contribution >= 0.6 is 22.9 Å². The van der Waals surface area contributed by atoms with Gasteiger partial charge in [0.2, 0.25) is 5.13 Å². The Morgan fingerprint density at radius 1 is 1.47 bits per heavy atom. The maximum Gasteiger partial charge on any atom is 0.208 e. The minimum absolute atomic E-state index is 0.160. The zero-order chi connectivity index (χ0) is 13.4. The van der Waals surface area contributed by atoms with Gasteiger partial charge in [-0.05, 0) is 13.0 Å². The van der Waals surface area contributed by atoms with Crippen molar-refractivity contribution in [2.24, 2.45) is 0 Å². The first kappa shape index (κ1) is 12.6. The minimum Gasteiger partial charge on any atom is -0.361 e. The summed E-state index contributed by atoms with van der Waals surface area (Å²) < 4.78 is 13.6. The van der Waals surface area contributed by atoms with E-state index in [1.165, 1.54) is 12.3 Å². The van der Waals surface area contributed by atoms with E-state index in [4.69, 9.17) is 11.6 Å². The molecule has 3 rings (SSSR count). The molecular weight excluding hydrogens is 289 g/mol. The van der Waals surface area contributed by atoms with Crippen LogP contribution in [-0.4, -0.2) is 34.3 Å². The summed E-state index contributed by atoms with van der Waals surface area (Å²) in [5.74, 6) is -0.194. The van der Waals surface area contributed by atoms with Gasteiger partial charge in [-0.25, -0.2) is 9.37 Å². The topological polar surface area (TPSA) is 53.9 Å². The second kappa shape index (κ2) is 4.90. The molecule has 0 spiro atoms. The van der Waals surface area contributed by atoms with Gasteiger partial charge in [-0.3, -0.25) is 0 Å². The molecule has 1 aliphatic rings. The van der Waals surface area contributed by atoms with Crippen LogP contribution in [-0.2, 0) is 0 Å². The van der Waals surface area contributed by atoms with Crippen LogP contribution in [0, 0.1) is 12.7 Å². The standard InChI is InChI=1S/C11H11ClFN5S/c1-6-16-17-11(19-6)18-4-8(5-18)15-10-9(13)2-7(12)3-14-10/h2-3,8H,4-5H2,1H3,(H,14,15). The molecule has 2 aromatic rings. The molecule has 1 aliphatic heterocycles. The molecule has 100 valence electrons. The average molecular weight is 300 g/mol. The molecule has 0 bridgehead atoms. The van der Waals surface area contributed by atoms with Crippen molar-refractivity contribution in [3.05, 3.63) is 28.1 Å². The second-order valence-corrected chi connectivity index (χ2v) is 5.93. The van der Waals surface area contributed by atoms with E-state index >= 15 is 0 Å². The van der Waals surface area contributed by atoms with Gasteiger partial charge in [0.15, 0.2) is 11.6 Å². The van der Waals surface area contributed by atoms with Crippen molar-refractivity contribution in [1.82, 2.24) is 15.2 Å². The molecule has 0 radical (unpaired) electrons. The van der Waals surface area contributed by atoms with Gasteiger partial charge >= 0.3 is 0 Å². The number of aromatic nitrogens is 3. The van der Waals surface area contributed by atoms with Gasteiger partial charge < -0.3 is 10.2 Å². The Bertz CT molecular complexity index is 599. The van der Waals surface area contributed by atoms with Gasteiger partial charge in [0.1, 0.15) is 5.01 Å². The molecule has 0 aliphatic carbocycles. The van der Waals surface area contributed by atoms with E-state index in [0.717, 1.165) is 23.2 Å². The van der Waals surface area contributed by atoms with E-state index in [-0.39, 0.29) is 11.9 Å². The fraction of sp³-hybridized carbons (Fsp3) is 0.364. The van der Waals surface area contributed by atoms with E-state index in [9.17, 15) is 4.39 Å². The van der Waals surface area contributed by atoms with Gasteiger partial charge in [-0.15, -0.1) is 10.2 Å². The predicted molar refractivity (Wildman–Crippen MR) is 73.5 cm³/mol. The Morgan fingerprint density at radius 3 is 2.89 bits per heavy atom. The van der Waals surface area contributed by atoms with Crippen LogP contribution in [0.1, 0.15) is 5.01 Å². The van der Waals surface area contributed by atoms with Crippen LogP contribution in [0.15, 0.2) is 12.3 Å². The lowest BCUT2D eigenvalue weighted by Crippen LogP contribution is -2.55. The third-order valence-electron chi connectivity index (χ3n) is 2.82. The number of nitrogens with zero attached hydrogens (tertiary/aromatic N) is 4. The summed E-state index contributed by atoms with van der Waals surface area (Å²) in [4.78, 5) is 6.03. The predicted octanol–water partition coefficient (Wildman–Crippen LogP) is 2.33. The van der Waals surface area contributed by atoms with E-state index in [1.54, 1.807) is 11.3 Å². The number of hydrogen-bond acceptors (Lipinski definition) is 6. The lowest BCUT2D eigenvalue weighted by molar-refractivity contribution is 0.538. The van der Waals surface area contributed by atoms with Gasteiger partial charge in [-0.1, -0.05) is 22.9 Å². The normalized spacial score (nSPS) is 15.4. The van der Waals surface area contributed by atoms with Crippen molar-refractivity contribution in [2.75, 3.05) is 23.3 Å². The number of rotatable bonds is 3. The molecule has 0 amide bonds. The first-order valence-electron chi connectivity index (χ1n) is 5.74. The molecule has 2 aromatic heterocycles. The van der Waals surface area contributed by atoms with Crippen molar-refractivity contribution in [2.45, 2.75) is 13.0 Å². The van der Waals surface area contributed by atoms with Crippen LogP contribution in [0.3, 0.4) is 0 Å². The highest BCUT2D eigenvalue weighted by Gasteiger charge is 2.29. The molecule has 1 fully saturated rings. The maximum atomic E-state index is 13.6. The van der Waals surface area contributed by atoms with Crippen LogP contribution in [0.2, 0.25) is 5.02 Å². The SMILES string of the molecule is Cc1nnc(N2CC(Nc3ncc(Cl)cc3F)C2)s1.